The lowest BCUT2D eigenvalue weighted by molar-refractivity contribution is 0.159. The summed E-state index contributed by atoms with van der Waals surface area (Å²) in [5.74, 6) is 1.14. The minimum Gasteiger partial charge on any atom is -0.419 e. The largest absolute Gasteiger partial charge is 0.419 e. The fourth-order valence-electron chi connectivity index (χ4n) is 1.93. The molecule has 5 nitrogen and oxygen atoms in total. The quantitative estimate of drug-likeness (QED) is 0.876. The zero-order chi connectivity index (χ0) is 14.5. The molecule has 1 N–H and O–H groups in total. The SMILES string of the molecule is Cc1cccc(-c2nnc(CN(C)CCC(C)O)o2)c1. The van der Waals surface area contributed by atoms with Gasteiger partial charge >= 0.3 is 0 Å². The standard InChI is InChI=1S/C15H21N3O2/c1-11-5-4-6-13(9-11)15-17-16-14(20-15)10-18(3)8-7-12(2)19/h4-6,9,12,19H,7-8,10H2,1-3H3. The average molecular weight is 275 g/mol. The van der Waals surface area contributed by atoms with E-state index >= 15 is 0 Å². The van der Waals surface area contributed by atoms with Crippen molar-refractivity contribution in [2.24, 2.45) is 0 Å². The first-order chi connectivity index (χ1) is 9.54. The molecule has 0 bridgehead atoms. The highest BCUT2D eigenvalue weighted by Gasteiger charge is 2.11. The number of rotatable bonds is 6. The van der Waals surface area contributed by atoms with Gasteiger partial charge in [0, 0.05) is 12.1 Å². The van der Waals surface area contributed by atoms with E-state index < -0.39 is 0 Å². The molecule has 0 saturated carbocycles. The summed E-state index contributed by atoms with van der Waals surface area (Å²) < 4.78 is 5.68. The fraction of sp³-hybridized carbons (Fsp3) is 0.467. The molecule has 1 atom stereocenters. The smallest absolute Gasteiger partial charge is 0.247 e. The highest BCUT2D eigenvalue weighted by Crippen LogP contribution is 2.19. The number of nitrogens with zero attached hydrogens (tertiary/aromatic N) is 3. The molecular weight excluding hydrogens is 254 g/mol. The Morgan fingerprint density at radius 3 is 2.85 bits per heavy atom. The molecule has 5 heteroatoms. The van der Waals surface area contributed by atoms with Crippen LogP contribution in [0.4, 0.5) is 0 Å². The number of hydrogen-bond acceptors (Lipinski definition) is 5. The van der Waals surface area contributed by atoms with Crippen LogP contribution >= 0.6 is 0 Å². The van der Waals surface area contributed by atoms with E-state index in [4.69, 9.17) is 4.42 Å². The highest BCUT2D eigenvalue weighted by atomic mass is 16.4. The van der Waals surface area contributed by atoms with Crippen molar-refractivity contribution in [3.05, 3.63) is 35.7 Å². The van der Waals surface area contributed by atoms with Crippen LogP contribution in [-0.2, 0) is 6.54 Å². The molecule has 1 heterocycles. The maximum Gasteiger partial charge on any atom is 0.247 e. The number of hydrogen-bond donors (Lipinski definition) is 1. The van der Waals surface area contributed by atoms with Gasteiger partial charge < -0.3 is 9.52 Å². The zero-order valence-corrected chi connectivity index (χ0v) is 12.2. The fourth-order valence-corrected chi connectivity index (χ4v) is 1.93. The zero-order valence-electron chi connectivity index (χ0n) is 12.2. The molecule has 0 radical (unpaired) electrons. The summed E-state index contributed by atoms with van der Waals surface area (Å²) >= 11 is 0. The van der Waals surface area contributed by atoms with Gasteiger partial charge in [0.25, 0.3) is 0 Å². The van der Waals surface area contributed by atoms with Crippen LogP contribution in [0.5, 0.6) is 0 Å². The number of aliphatic hydroxyl groups excluding tert-OH is 1. The normalized spacial score (nSPS) is 12.8. The first-order valence-corrected chi connectivity index (χ1v) is 6.80. The highest BCUT2D eigenvalue weighted by molar-refractivity contribution is 5.53. The predicted molar refractivity (Wildman–Crippen MR) is 77.1 cm³/mol. The van der Waals surface area contributed by atoms with E-state index in [9.17, 15) is 5.11 Å². The van der Waals surface area contributed by atoms with Crippen LogP contribution in [0.3, 0.4) is 0 Å². The summed E-state index contributed by atoms with van der Waals surface area (Å²) in [6.45, 7) is 5.20. The van der Waals surface area contributed by atoms with Gasteiger partial charge in [-0.25, -0.2) is 0 Å². The molecule has 108 valence electrons. The lowest BCUT2D eigenvalue weighted by Gasteiger charge is -2.14. The van der Waals surface area contributed by atoms with E-state index in [-0.39, 0.29) is 6.10 Å². The lowest BCUT2D eigenvalue weighted by atomic mass is 10.1. The molecular formula is C15H21N3O2. The van der Waals surface area contributed by atoms with Crippen molar-refractivity contribution in [3.8, 4) is 11.5 Å². The van der Waals surface area contributed by atoms with Crippen LogP contribution in [0.1, 0.15) is 24.8 Å². The molecule has 1 aromatic carbocycles. The van der Waals surface area contributed by atoms with Crippen LogP contribution in [0, 0.1) is 6.92 Å². The second-order valence-corrected chi connectivity index (χ2v) is 5.25. The topological polar surface area (TPSA) is 62.4 Å². The lowest BCUT2D eigenvalue weighted by Crippen LogP contribution is -2.22. The van der Waals surface area contributed by atoms with E-state index in [1.165, 1.54) is 0 Å². The number of benzene rings is 1. The number of aromatic nitrogens is 2. The van der Waals surface area contributed by atoms with Crippen molar-refractivity contribution in [2.75, 3.05) is 13.6 Å². The van der Waals surface area contributed by atoms with Crippen LogP contribution in [0.25, 0.3) is 11.5 Å². The minimum absolute atomic E-state index is 0.289. The Morgan fingerprint density at radius 1 is 1.35 bits per heavy atom. The molecule has 0 amide bonds. The molecule has 2 rings (SSSR count). The minimum atomic E-state index is -0.289. The summed E-state index contributed by atoms with van der Waals surface area (Å²) in [5.41, 5.74) is 2.10. The van der Waals surface area contributed by atoms with Gasteiger partial charge in [0.1, 0.15) is 0 Å². The summed E-state index contributed by atoms with van der Waals surface area (Å²) in [4.78, 5) is 2.06. The van der Waals surface area contributed by atoms with Gasteiger partial charge in [0.15, 0.2) is 0 Å². The number of aliphatic hydroxyl groups is 1. The average Bonchev–Trinajstić information content (AvgIpc) is 2.85. The van der Waals surface area contributed by atoms with Crippen molar-refractivity contribution in [1.82, 2.24) is 15.1 Å². The summed E-state index contributed by atoms with van der Waals surface area (Å²) in [7, 11) is 1.97. The Bertz CT molecular complexity index is 552. The molecule has 2 aromatic rings. The molecule has 0 aliphatic carbocycles. The van der Waals surface area contributed by atoms with Gasteiger partial charge in [-0.3, -0.25) is 4.90 Å². The van der Waals surface area contributed by atoms with E-state index in [0.29, 0.717) is 18.3 Å². The van der Waals surface area contributed by atoms with Gasteiger partial charge in [-0.1, -0.05) is 17.7 Å². The third-order valence-electron chi connectivity index (χ3n) is 3.07. The van der Waals surface area contributed by atoms with E-state index in [1.807, 2.05) is 38.2 Å². The predicted octanol–water partition coefficient (Wildman–Crippen LogP) is 2.25. The second kappa shape index (κ2) is 6.63. The van der Waals surface area contributed by atoms with Crippen molar-refractivity contribution >= 4 is 0 Å². The molecule has 1 unspecified atom stereocenters. The summed E-state index contributed by atoms with van der Waals surface area (Å²) in [5, 5.41) is 17.4. The van der Waals surface area contributed by atoms with Crippen LogP contribution in [0.2, 0.25) is 0 Å². The Labute approximate surface area is 119 Å². The van der Waals surface area contributed by atoms with Crippen molar-refractivity contribution in [2.45, 2.75) is 32.9 Å². The summed E-state index contributed by atoms with van der Waals surface area (Å²) in [6.07, 6.45) is 0.443. The molecule has 0 aliphatic heterocycles. The third-order valence-corrected chi connectivity index (χ3v) is 3.07. The van der Waals surface area contributed by atoms with Crippen LogP contribution < -0.4 is 0 Å². The maximum atomic E-state index is 9.27. The summed E-state index contributed by atoms with van der Waals surface area (Å²) in [6, 6.07) is 7.99. The molecule has 0 fully saturated rings. The Hall–Kier alpha value is -1.72. The van der Waals surface area contributed by atoms with Gasteiger partial charge in [0.2, 0.25) is 11.8 Å². The van der Waals surface area contributed by atoms with Gasteiger partial charge in [0.05, 0.1) is 12.6 Å². The Morgan fingerprint density at radius 2 is 2.15 bits per heavy atom. The molecule has 0 spiro atoms. The van der Waals surface area contributed by atoms with Gasteiger partial charge in [-0.15, -0.1) is 10.2 Å². The van der Waals surface area contributed by atoms with Crippen LogP contribution in [0.15, 0.2) is 28.7 Å². The second-order valence-electron chi connectivity index (χ2n) is 5.25. The molecule has 20 heavy (non-hydrogen) atoms. The maximum absolute atomic E-state index is 9.27. The molecule has 1 aromatic heterocycles. The van der Waals surface area contributed by atoms with Crippen LogP contribution in [-0.4, -0.2) is 39.9 Å². The third kappa shape index (κ3) is 4.15. The van der Waals surface area contributed by atoms with Crippen molar-refractivity contribution in [1.29, 1.82) is 0 Å². The molecule has 0 aliphatic rings. The monoisotopic (exact) mass is 275 g/mol. The van der Waals surface area contributed by atoms with Gasteiger partial charge in [-0.05, 0) is 39.4 Å². The Kier molecular flexibility index (Phi) is 4.87. The van der Waals surface area contributed by atoms with E-state index in [1.54, 1.807) is 6.92 Å². The first kappa shape index (κ1) is 14.7. The molecule has 0 saturated heterocycles. The van der Waals surface area contributed by atoms with Gasteiger partial charge in [-0.2, -0.15) is 0 Å². The van der Waals surface area contributed by atoms with Crippen molar-refractivity contribution < 1.29 is 9.52 Å². The Balaban J connectivity index is 1.99. The van der Waals surface area contributed by atoms with E-state index in [2.05, 4.69) is 15.1 Å². The number of aryl methyl sites for hydroxylation is 1. The van der Waals surface area contributed by atoms with E-state index in [0.717, 1.165) is 24.1 Å². The first-order valence-electron chi connectivity index (χ1n) is 6.80. The van der Waals surface area contributed by atoms with Crippen molar-refractivity contribution in [3.63, 3.8) is 0 Å².